The fourth-order valence-corrected chi connectivity index (χ4v) is 2.78. The molecule has 1 aliphatic rings. The van der Waals surface area contributed by atoms with Crippen molar-refractivity contribution in [2.75, 3.05) is 13.7 Å². The van der Waals surface area contributed by atoms with E-state index in [1.807, 2.05) is 13.8 Å². The third kappa shape index (κ3) is 3.16. The van der Waals surface area contributed by atoms with Crippen molar-refractivity contribution in [2.24, 2.45) is 0 Å². The van der Waals surface area contributed by atoms with Crippen LogP contribution in [0.25, 0.3) is 0 Å². The first-order chi connectivity index (χ1) is 9.97. The third-order valence-corrected chi connectivity index (χ3v) is 3.96. The van der Waals surface area contributed by atoms with Crippen LogP contribution in [0.3, 0.4) is 0 Å². The van der Waals surface area contributed by atoms with Crippen LogP contribution in [0.5, 0.6) is 5.75 Å². The van der Waals surface area contributed by atoms with E-state index >= 15 is 0 Å². The Balaban J connectivity index is 2.13. The number of nitro benzene ring substituents is 1. The quantitative estimate of drug-likeness (QED) is 0.644. The molecule has 0 bridgehead atoms. The number of hydrogen-bond acceptors (Lipinski definition) is 5. The number of nitrogens with one attached hydrogen (secondary N) is 1. The number of nitrogens with zero attached hydrogens (tertiary/aromatic N) is 1. The second-order valence-electron chi connectivity index (χ2n) is 5.42. The van der Waals surface area contributed by atoms with Gasteiger partial charge in [-0.2, -0.15) is 0 Å². The lowest BCUT2D eigenvalue weighted by Gasteiger charge is -2.43. The highest BCUT2D eigenvalue weighted by atomic mass is 16.6. The Morgan fingerprint density at radius 3 is 2.67 bits per heavy atom. The minimum atomic E-state index is -0.377. The van der Waals surface area contributed by atoms with Gasteiger partial charge in [-0.3, -0.25) is 10.1 Å². The number of nitro groups is 1. The number of aryl methyl sites for hydroxylation is 2. The largest absolute Gasteiger partial charge is 0.487 e. The summed E-state index contributed by atoms with van der Waals surface area (Å²) in [6.07, 6.45) is 0.748. The van der Waals surface area contributed by atoms with Gasteiger partial charge in [0.1, 0.15) is 18.0 Å². The van der Waals surface area contributed by atoms with Crippen molar-refractivity contribution >= 4 is 5.69 Å². The molecule has 6 nitrogen and oxygen atoms in total. The van der Waals surface area contributed by atoms with Gasteiger partial charge in [0.2, 0.25) is 0 Å². The zero-order valence-corrected chi connectivity index (χ0v) is 12.9. The average Bonchev–Trinajstić information content (AvgIpc) is 2.39. The van der Waals surface area contributed by atoms with E-state index in [1.165, 1.54) is 6.07 Å². The van der Waals surface area contributed by atoms with E-state index in [2.05, 4.69) is 5.32 Å². The molecule has 0 radical (unpaired) electrons. The zero-order chi connectivity index (χ0) is 15.6. The molecule has 0 spiro atoms. The zero-order valence-electron chi connectivity index (χ0n) is 12.9. The Bertz CT molecular complexity index is 533. The molecular formula is C15H22N2O4. The van der Waals surface area contributed by atoms with Crippen molar-refractivity contribution in [1.29, 1.82) is 0 Å². The monoisotopic (exact) mass is 294 g/mol. The number of methoxy groups -OCH3 is 1. The lowest BCUT2D eigenvalue weighted by Crippen LogP contribution is -2.60. The van der Waals surface area contributed by atoms with Gasteiger partial charge in [0.15, 0.2) is 0 Å². The molecule has 2 rings (SSSR count). The highest BCUT2D eigenvalue weighted by Crippen LogP contribution is 2.33. The van der Waals surface area contributed by atoms with Crippen molar-refractivity contribution in [3.05, 3.63) is 33.4 Å². The molecule has 1 N–H and O–H groups in total. The van der Waals surface area contributed by atoms with E-state index in [1.54, 1.807) is 20.1 Å². The molecule has 0 saturated heterocycles. The van der Waals surface area contributed by atoms with Crippen LogP contribution in [0.1, 0.15) is 24.5 Å². The first-order valence-electron chi connectivity index (χ1n) is 7.16. The van der Waals surface area contributed by atoms with Crippen LogP contribution in [0.15, 0.2) is 12.1 Å². The number of benzene rings is 1. The van der Waals surface area contributed by atoms with E-state index in [-0.39, 0.29) is 28.9 Å². The van der Waals surface area contributed by atoms with Crippen LogP contribution in [-0.2, 0) is 4.74 Å². The molecule has 1 saturated carbocycles. The van der Waals surface area contributed by atoms with Gasteiger partial charge in [0.05, 0.1) is 11.0 Å². The molecular weight excluding hydrogens is 272 g/mol. The molecule has 21 heavy (non-hydrogen) atoms. The van der Waals surface area contributed by atoms with E-state index in [0.29, 0.717) is 11.3 Å². The van der Waals surface area contributed by atoms with Crippen molar-refractivity contribution in [3.63, 3.8) is 0 Å². The first-order valence-corrected chi connectivity index (χ1v) is 7.16. The SMILES string of the molecule is CCNC1CC(Oc2cc([N+](=O)[O-])c(C)cc2C)C1OC. The molecule has 6 heteroatoms. The summed E-state index contributed by atoms with van der Waals surface area (Å²) in [6, 6.07) is 3.58. The van der Waals surface area contributed by atoms with Gasteiger partial charge in [-0.15, -0.1) is 0 Å². The fraction of sp³-hybridized carbons (Fsp3) is 0.600. The van der Waals surface area contributed by atoms with Crippen molar-refractivity contribution < 1.29 is 14.4 Å². The molecule has 0 aliphatic heterocycles. The normalized spacial score (nSPS) is 24.5. The summed E-state index contributed by atoms with van der Waals surface area (Å²) in [5, 5.41) is 14.4. The summed E-state index contributed by atoms with van der Waals surface area (Å²) in [6.45, 7) is 6.56. The Labute approximate surface area is 124 Å². The fourth-order valence-electron chi connectivity index (χ4n) is 2.78. The Morgan fingerprint density at radius 1 is 1.38 bits per heavy atom. The van der Waals surface area contributed by atoms with Gasteiger partial charge in [0.25, 0.3) is 5.69 Å². The number of likely N-dealkylation sites (N-methyl/N-ethyl adjacent to an activating group) is 1. The molecule has 0 aromatic heterocycles. The van der Waals surface area contributed by atoms with Crippen LogP contribution in [0.4, 0.5) is 5.69 Å². The summed E-state index contributed by atoms with van der Waals surface area (Å²) in [4.78, 5) is 10.7. The Kier molecular flexibility index (Phi) is 4.80. The smallest absolute Gasteiger partial charge is 0.276 e. The highest BCUT2D eigenvalue weighted by molar-refractivity contribution is 5.49. The maximum Gasteiger partial charge on any atom is 0.276 e. The van der Waals surface area contributed by atoms with Crippen LogP contribution in [0.2, 0.25) is 0 Å². The van der Waals surface area contributed by atoms with Gasteiger partial charge in [-0.1, -0.05) is 6.92 Å². The van der Waals surface area contributed by atoms with Crippen molar-refractivity contribution in [2.45, 2.75) is 45.4 Å². The molecule has 1 aromatic carbocycles. The standard InChI is InChI=1S/C15H22N2O4/c1-5-16-11-7-14(15(11)20-4)21-13-8-12(17(18)19)9(2)6-10(13)3/h6,8,11,14-16H,5,7H2,1-4H3. The Hall–Kier alpha value is -1.66. The van der Waals surface area contributed by atoms with Crippen LogP contribution in [-0.4, -0.2) is 36.8 Å². The summed E-state index contributed by atoms with van der Waals surface area (Å²) < 4.78 is 11.4. The average molecular weight is 294 g/mol. The van der Waals surface area contributed by atoms with E-state index < -0.39 is 0 Å². The minimum Gasteiger partial charge on any atom is -0.487 e. The summed E-state index contributed by atoms with van der Waals surface area (Å²) in [7, 11) is 1.66. The molecule has 3 unspecified atom stereocenters. The number of ether oxygens (including phenoxy) is 2. The lowest BCUT2D eigenvalue weighted by atomic mass is 9.85. The molecule has 0 amide bonds. The molecule has 0 heterocycles. The van der Waals surface area contributed by atoms with Gasteiger partial charge >= 0.3 is 0 Å². The van der Waals surface area contributed by atoms with E-state index in [9.17, 15) is 10.1 Å². The lowest BCUT2D eigenvalue weighted by molar-refractivity contribution is -0.385. The maximum absolute atomic E-state index is 11.0. The summed E-state index contributed by atoms with van der Waals surface area (Å²) in [5.74, 6) is 0.564. The maximum atomic E-state index is 11.0. The first kappa shape index (κ1) is 15.7. The van der Waals surface area contributed by atoms with Gasteiger partial charge in [0, 0.05) is 25.1 Å². The molecule has 1 fully saturated rings. The molecule has 116 valence electrons. The second-order valence-corrected chi connectivity index (χ2v) is 5.42. The highest BCUT2D eigenvalue weighted by Gasteiger charge is 2.43. The number of hydrogen-bond donors (Lipinski definition) is 1. The molecule has 1 aliphatic carbocycles. The van der Waals surface area contributed by atoms with Gasteiger partial charge < -0.3 is 14.8 Å². The second kappa shape index (κ2) is 6.41. The topological polar surface area (TPSA) is 73.6 Å². The van der Waals surface area contributed by atoms with Crippen LogP contribution in [0, 0.1) is 24.0 Å². The van der Waals surface area contributed by atoms with Gasteiger partial charge in [-0.05, 0) is 32.0 Å². The summed E-state index contributed by atoms with van der Waals surface area (Å²) in [5.41, 5.74) is 1.64. The van der Waals surface area contributed by atoms with E-state index in [0.717, 1.165) is 18.5 Å². The predicted octanol–water partition coefficient (Wildman–Crippen LogP) is 2.36. The minimum absolute atomic E-state index is 0.0234. The third-order valence-electron chi connectivity index (χ3n) is 3.96. The van der Waals surface area contributed by atoms with Crippen LogP contribution < -0.4 is 10.1 Å². The Morgan fingerprint density at radius 2 is 2.10 bits per heavy atom. The molecule has 1 aromatic rings. The summed E-state index contributed by atoms with van der Waals surface area (Å²) >= 11 is 0. The van der Waals surface area contributed by atoms with Crippen molar-refractivity contribution in [3.8, 4) is 5.75 Å². The number of rotatable bonds is 6. The van der Waals surface area contributed by atoms with Crippen molar-refractivity contribution in [1.82, 2.24) is 5.32 Å². The molecule has 3 atom stereocenters. The van der Waals surface area contributed by atoms with Gasteiger partial charge in [-0.25, -0.2) is 0 Å². The predicted molar refractivity (Wildman–Crippen MR) is 79.9 cm³/mol. The van der Waals surface area contributed by atoms with E-state index in [4.69, 9.17) is 9.47 Å². The van der Waals surface area contributed by atoms with Crippen LogP contribution >= 0.6 is 0 Å².